The molecule has 0 aliphatic rings. The van der Waals surface area contributed by atoms with Crippen molar-refractivity contribution in [2.24, 2.45) is 0 Å². The molecule has 0 aliphatic carbocycles. The standard InChI is InChI=1S/C12H7ClFN3O4/c13-6-2-1-3-7(14)10(6)16-11-9(17(20)21)5-4-8(15-11)12(18)19/h1-5H,(H,15,16)(H,18,19). The number of carbonyl (C=O) groups is 1. The third-order valence-electron chi connectivity index (χ3n) is 2.50. The molecule has 0 amide bonds. The van der Waals surface area contributed by atoms with E-state index in [1.54, 1.807) is 0 Å². The Bertz CT molecular complexity index is 718. The summed E-state index contributed by atoms with van der Waals surface area (Å²) in [5.74, 6) is -2.53. The summed E-state index contributed by atoms with van der Waals surface area (Å²) >= 11 is 5.80. The molecule has 9 heteroatoms. The SMILES string of the molecule is O=C(O)c1ccc([N+](=O)[O-])c(Nc2c(F)cccc2Cl)n1. The van der Waals surface area contributed by atoms with Gasteiger partial charge in [-0.2, -0.15) is 0 Å². The molecule has 7 nitrogen and oxygen atoms in total. The van der Waals surface area contributed by atoms with Crippen molar-refractivity contribution in [3.8, 4) is 0 Å². The summed E-state index contributed by atoms with van der Waals surface area (Å²) in [4.78, 5) is 24.6. The lowest BCUT2D eigenvalue weighted by Crippen LogP contribution is -2.06. The van der Waals surface area contributed by atoms with E-state index in [4.69, 9.17) is 16.7 Å². The number of rotatable bonds is 4. The number of aromatic nitrogens is 1. The van der Waals surface area contributed by atoms with Gasteiger partial charge in [-0.25, -0.2) is 14.2 Å². The van der Waals surface area contributed by atoms with Gasteiger partial charge in [0.05, 0.1) is 15.6 Å². The molecule has 0 saturated carbocycles. The summed E-state index contributed by atoms with van der Waals surface area (Å²) in [5, 5.41) is 22.1. The number of carboxylic acid groups (broad SMARTS) is 1. The molecule has 1 aromatic heterocycles. The zero-order valence-electron chi connectivity index (χ0n) is 10.2. The van der Waals surface area contributed by atoms with Gasteiger partial charge in [-0.15, -0.1) is 0 Å². The smallest absolute Gasteiger partial charge is 0.354 e. The van der Waals surface area contributed by atoms with Crippen LogP contribution in [-0.4, -0.2) is 21.0 Å². The van der Waals surface area contributed by atoms with Crippen LogP contribution in [0.1, 0.15) is 10.5 Å². The molecule has 1 heterocycles. The number of carboxylic acids is 1. The van der Waals surface area contributed by atoms with E-state index in [9.17, 15) is 19.3 Å². The second-order valence-electron chi connectivity index (χ2n) is 3.85. The summed E-state index contributed by atoms with van der Waals surface area (Å²) in [6.45, 7) is 0. The highest BCUT2D eigenvalue weighted by Gasteiger charge is 2.20. The van der Waals surface area contributed by atoms with Gasteiger partial charge in [-0.1, -0.05) is 17.7 Å². The molecule has 2 aromatic rings. The Morgan fingerprint density at radius 1 is 1.38 bits per heavy atom. The summed E-state index contributed by atoms with van der Waals surface area (Å²) < 4.78 is 13.7. The van der Waals surface area contributed by atoms with Gasteiger partial charge < -0.3 is 10.4 Å². The maximum atomic E-state index is 13.7. The van der Waals surface area contributed by atoms with Crippen molar-refractivity contribution in [1.29, 1.82) is 0 Å². The first-order chi connectivity index (χ1) is 9.90. The fourth-order valence-corrected chi connectivity index (χ4v) is 1.76. The number of para-hydroxylation sites is 1. The summed E-state index contributed by atoms with van der Waals surface area (Å²) in [6, 6.07) is 5.78. The van der Waals surface area contributed by atoms with E-state index in [2.05, 4.69) is 10.3 Å². The van der Waals surface area contributed by atoms with Crippen molar-refractivity contribution in [3.05, 3.63) is 57.0 Å². The Morgan fingerprint density at radius 2 is 2.10 bits per heavy atom. The van der Waals surface area contributed by atoms with E-state index in [1.807, 2.05) is 0 Å². The van der Waals surface area contributed by atoms with Crippen LogP contribution in [0.4, 0.5) is 21.6 Å². The van der Waals surface area contributed by atoms with Crippen molar-refractivity contribution in [1.82, 2.24) is 4.98 Å². The van der Waals surface area contributed by atoms with Gasteiger partial charge in [0.25, 0.3) is 0 Å². The normalized spacial score (nSPS) is 10.2. The topological polar surface area (TPSA) is 105 Å². The van der Waals surface area contributed by atoms with Crippen LogP contribution in [0.2, 0.25) is 5.02 Å². The number of pyridine rings is 1. The van der Waals surface area contributed by atoms with Gasteiger partial charge in [0.2, 0.25) is 5.82 Å². The number of hydrogen-bond donors (Lipinski definition) is 2. The summed E-state index contributed by atoms with van der Waals surface area (Å²) in [5.41, 5.74) is -1.15. The second kappa shape index (κ2) is 5.71. The number of benzene rings is 1. The zero-order chi connectivity index (χ0) is 15.6. The molecular weight excluding hydrogens is 305 g/mol. The van der Waals surface area contributed by atoms with Crippen LogP contribution in [-0.2, 0) is 0 Å². The predicted molar refractivity (Wildman–Crippen MR) is 72.5 cm³/mol. The minimum atomic E-state index is -1.37. The predicted octanol–water partition coefficient (Wildman–Crippen LogP) is 3.22. The van der Waals surface area contributed by atoms with E-state index in [0.29, 0.717) is 0 Å². The lowest BCUT2D eigenvalue weighted by molar-refractivity contribution is -0.384. The molecule has 108 valence electrons. The van der Waals surface area contributed by atoms with Gasteiger partial charge in [-0.3, -0.25) is 10.1 Å². The first-order valence-corrected chi connectivity index (χ1v) is 5.87. The maximum Gasteiger partial charge on any atom is 0.354 e. The molecule has 1 aromatic carbocycles. The monoisotopic (exact) mass is 311 g/mol. The molecule has 0 bridgehead atoms. The lowest BCUT2D eigenvalue weighted by atomic mass is 10.2. The van der Waals surface area contributed by atoms with Crippen LogP contribution in [0.25, 0.3) is 0 Å². The van der Waals surface area contributed by atoms with Crippen molar-refractivity contribution in [3.63, 3.8) is 0 Å². The largest absolute Gasteiger partial charge is 0.477 e. The fourth-order valence-electron chi connectivity index (χ4n) is 1.55. The summed E-state index contributed by atoms with van der Waals surface area (Å²) in [6.07, 6.45) is 0. The van der Waals surface area contributed by atoms with Crippen LogP contribution in [0, 0.1) is 15.9 Å². The van der Waals surface area contributed by atoms with E-state index in [1.165, 1.54) is 12.1 Å². The fraction of sp³-hybridized carbons (Fsp3) is 0. The highest BCUT2D eigenvalue weighted by atomic mass is 35.5. The Morgan fingerprint density at radius 3 is 2.67 bits per heavy atom. The molecule has 0 fully saturated rings. The van der Waals surface area contributed by atoms with E-state index in [-0.39, 0.29) is 10.7 Å². The Kier molecular flexibility index (Phi) is 3.99. The minimum Gasteiger partial charge on any atom is -0.477 e. The lowest BCUT2D eigenvalue weighted by Gasteiger charge is -2.09. The minimum absolute atomic E-state index is 0.0215. The molecule has 0 atom stereocenters. The third kappa shape index (κ3) is 3.06. The van der Waals surface area contributed by atoms with Crippen molar-refractivity contribution >= 4 is 34.8 Å². The number of nitrogens with one attached hydrogen (secondary N) is 1. The average molecular weight is 312 g/mol. The summed E-state index contributed by atoms with van der Waals surface area (Å²) in [7, 11) is 0. The maximum absolute atomic E-state index is 13.7. The van der Waals surface area contributed by atoms with E-state index in [0.717, 1.165) is 18.2 Å². The van der Waals surface area contributed by atoms with Gasteiger partial charge in [-0.05, 0) is 18.2 Å². The van der Waals surface area contributed by atoms with Gasteiger partial charge in [0.15, 0.2) is 5.69 Å². The number of hydrogen-bond acceptors (Lipinski definition) is 5. The average Bonchev–Trinajstić information content (AvgIpc) is 2.42. The molecule has 2 N–H and O–H groups in total. The van der Waals surface area contributed by atoms with Gasteiger partial charge in [0, 0.05) is 6.07 Å². The van der Waals surface area contributed by atoms with E-state index < -0.39 is 33.9 Å². The molecular formula is C12H7ClFN3O4. The number of anilines is 2. The molecule has 0 spiro atoms. The number of halogens is 2. The molecule has 0 radical (unpaired) electrons. The van der Waals surface area contributed by atoms with Crippen molar-refractivity contribution in [2.45, 2.75) is 0 Å². The van der Waals surface area contributed by atoms with Crippen LogP contribution >= 0.6 is 11.6 Å². The molecule has 0 unspecified atom stereocenters. The van der Waals surface area contributed by atoms with Crippen LogP contribution in [0.3, 0.4) is 0 Å². The highest BCUT2D eigenvalue weighted by Crippen LogP contribution is 2.31. The Hall–Kier alpha value is -2.74. The van der Waals surface area contributed by atoms with E-state index >= 15 is 0 Å². The third-order valence-corrected chi connectivity index (χ3v) is 2.81. The zero-order valence-corrected chi connectivity index (χ0v) is 11.0. The van der Waals surface area contributed by atoms with Crippen LogP contribution in [0.5, 0.6) is 0 Å². The quantitative estimate of drug-likeness (QED) is 0.663. The van der Waals surface area contributed by atoms with Crippen molar-refractivity contribution in [2.75, 3.05) is 5.32 Å². The van der Waals surface area contributed by atoms with Crippen LogP contribution < -0.4 is 5.32 Å². The first kappa shape index (κ1) is 14.7. The number of nitro groups is 1. The van der Waals surface area contributed by atoms with Crippen molar-refractivity contribution < 1.29 is 19.2 Å². The molecule has 21 heavy (non-hydrogen) atoms. The molecule has 0 aliphatic heterocycles. The Balaban J connectivity index is 2.53. The number of aromatic carboxylic acids is 1. The number of nitrogens with zero attached hydrogens (tertiary/aromatic N) is 2. The second-order valence-corrected chi connectivity index (χ2v) is 4.26. The van der Waals surface area contributed by atoms with Crippen LogP contribution in [0.15, 0.2) is 30.3 Å². The molecule has 0 saturated heterocycles. The van der Waals surface area contributed by atoms with Gasteiger partial charge in [0.1, 0.15) is 5.82 Å². The molecule has 2 rings (SSSR count). The highest BCUT2D eigenvalue weighted by molar-refractivity contribution is 6.33. The van der Waals surface area contributed by atoms with Gasteiger partial charge >= 0.3 is 11.7 Å². The first-order valence-electron chi connectivity index (χ1n) is 5.50. The Labute approximate surface area is 122 Å².